The summed E-state index contributed by atoms with van der Waals surface area (Å²) in [5.41, 5.74) is 2.43. The summed E-state index contributed by atoms with van der Waals surface area (Å²) in [6.45, 7) is 0. The number of imidazole rings is 1. The summed E-state index contributed by atoms with van der Waals surface area (Å²) >= 11 is 1.25. The van der Waals surface area contributed by atoms with Gasteiger partial charge in [0, 0.05) is 15.8 Å². The van der Waals surface area contributed by atoms with Crippen molar-refractivity contribution in [3.63, 3.8) is 0 Å². The van der Waals surface area contributed by atoms with Gasteiger partial charge in [-0.1, -0.05) is 47.7 Å². The Bertz CT molecular complexity index is 970. The van der Waals surface area contributed by atoms with Crippen LogP contribution in [0, 0.1) is 0 Å². The van der Waals surface area contributed by atoms with Crippen LogP contribution in [0.1, 0.15) is 0 Å². The molecule has 0 atom stereocenters. The van der Waals surface area contributed by atoms with Crippen molar-refractivity contribution in [2.75, 3.05) is 0 Å². The first kappa shape index (κ1) is 11.4. The Labute approximate surface area is 118 Å². The molecule has 20 heavy (non-hydrogen) atoms. The van der Waals surface area contributed by atoms with Gasteiger partial charge in [-0.05, 0) is 18.2 Å². The largest absolute Gasteiger partial charge is 0.298 e. The predicted octanol–water partition coefficient (Wildman–Crippen LogP) is 3.60. The van der Waals surface area contributed by atoms with Crippen LogP contribution in [-0.2, 0) is 0 Å². The van der Waals surface area contributed by atoms with Gasteiger partial charge in [-0.3, -0.25) is 9.36 Å². The van der Waals surface area contributed by atoms with E-state index >= 15 is 0 Å². The molecule has 0 aliphatic carbocycles. The third-order valence-electron chi connectivity index (χ3n) is 3.34. The predicted molar refractivity (Wildman–Crippen MR) is 82.7 cm³/mol. The number of rotatable bonds is 1. The highest BCUT2D eigenvalue weighted by Crippen LogP contribution is 2.26. The van der Waals surface area contributed by atoms with Crippen molar-refractivity contribution in [2.24, 2.45) is 0 Å². The lowest BCUT2D eigenvalue weighted by molar-refractivity contribution is 1.10. The maximum absolute atomic E-state index is 12.2. The number of hydrogen-bond acceptors (Lipinski definition) is 3. The number of fused-ring (bicyclic) bond motifs is 3. The van der Waals surface area contributed by atoms with E-state index in [2.05, 4.69) is 4.98 Å². The summed E-state index contributed by atoms with van der Waals surface area (Å²) < 4.78 is 2.97. The van der Waals surface area contributed by atoms with E-state index in [9.17, 15) is 4.79 Å². The summed E-state index contributed by atoms with van der Waals surface area (Å²) in [7, 11) is 0. The standard InChI is InChI=1S/C16H10N2OS/c19-16-14-15(12-8-4-5-9-13(12)20-16)18(10-17-14)11-6-2-1-3-7-11/h1-10H. The maximum atomic E-state index is 12.2. The normalized spacial score (nSPS) is 11.2. The van der Waals surface area contributed by atoms with Gasteiger partial charge in [0.2, 0.25) is 0 Å². The van der Waals surface area contributed by atoms with Crippen molar-refractivity contribution >= 4 is 32.5 Å². The van der Waals surface area contributed by atoms with Crippen LogP contribution in [0.25, 0.3) is 26.8 Å². The molecule has 2 aromatic heterocycles. The molecule has 4 aromatic rings. The summed E-state index contributed by atoms with van der Waals surface area (Å²) in [6.07, 6.45) is 1.72. The highest BCUT2D eigenvalue weighted by Gasteiger charge is 2.12. The Morgan fingerprint density at radius 2 is 1.70 bits per heavy atom. The lowest BCUT2D eigenvalue weighted by Crippen LogP contribution is -1.98. The zero-order valence-electron chi connectivity index (χ0n) is 10.5. The number of hydrogen-bond donors (Lipinski definition) is 0. The molecule has 0 spiro atoms. The Balaban J connectivity index is 2.22. The lowest BCUT2D eigenvalue weighted by atomic mass is 10.2. The van der Waals surface area contributed by atoms with Crippen molar-refractivity contribution in [2.45, 2.75) is 0 Å². The lowest BCUT2D eigenvalue weighted by Gasteiger charge is -2.05. The topological polar surface area (TPSA) is 34.9 Å². The molecule has 96 valence electrons. The molecule has 0 radical (unpaired) electrons. The minimum Gasteiger partial charge on any atom is -0.298 e. The van der Waals surface area contributed by atoms with Crippen LogP contribution in [0.4, 0.5) is 0 Å². The molecule has 0 amide bonds. The molecule has 0 saturated heterocycles. The molecular weight excluding hydrogens is 268 g/mol. The van der Waals surface area contributed by atoms with E-state index in [0.717, 1.165) is 21.3 Å². The third-order valence-corrected chi connectivity index (χ3v) is 4.29. The average Bonchev–Trinajstić information content (AvgIpc) is 2.94. The second-order valence-electron chi connectivity index (χ2n) is 4.53. The SMILES string of the molecule is O=c1sc2ccccc2c2c1ncn2-c1ccccc1. The van der Waals surface area contributed by atoms with Gasteiger partial charge in [-0.25, -0.2) is 4.98 Å². The second kappa shape index (κ2) is 4.28. The molecule has 4 heteroatoms. The van der Waals surface area contributed by atoms with E-state index in [1.165, 1.54) is 11.3 Å². The molecule has 0 bridgehead atoms. The Kier molecular flexibility index (Phi) is 2.44. The van der Waals surface area contributed by atoms with Gasteiger partial charge >= 0.3 is 0 Å². The van der Waals surface area contributed by atoms with Gasteiger partial charge in [-0.15, -0.1) is 0 Å². The molecule has 0 aliphatic rings. The van der Waals surface area contributed by atoms with E-state index in [1.807, 2.05) is 59.2 Å². The Morgan fingerprint density at radius 1 is 0.950 bits per heavy atom. The summed E-state index contributed by atoms with van der Waals surface area (Å²) in [5, 5.41) is 1.06. The summed E-state index contributed by atoms with van der Waals surface area (Å²) in [4.78, 5) is 16.5. The van der Waals surface area contributed by atoms with Crippen molar-refractivity contribution in [3.8, 4) is 5.69 Å². The zero-order chi connectivity index (χ0) is 13.5. The first-order valence-electron chi connectivity index (χ1n) is 6.29. The van der Waals surface area contributed by atoms with E-state index < -0.39 is 0 Å². The average molecular weight is 278 g/mol. The van der Waals surface area contributed by atoms with Crippen molar-refractivity contribution < 1.29 is 0 Å². The number of benzene rings is 2. The van der Waals surface area contributed by atoms with Crippen LogP contribution in [0.2, 0.25) is 0 Å². The van der Waals surface area contributed by atoms with Crippen LogP contribution >= 0.6 is 11.3 Å². The second-order valence-corrected chi connectivity index (χ2v) is 5.55. The molecule has 0 fully saturated rings. The van der Waals surface area contributed by atoms with Crippen LogP contribution in [0.5, 0.6) is 0 Å². The van der Waals surface area contributed by atoms with Gasteiger partial charge in [0.05, 0.1) is 5.52 Å². The van der Waals surface area contributed by atoms with E-state index in [-0.39, 0.29) is 4.74 Å². The summed E-state index contributed by atoms with van der Waals surface area (Å²) in [5.74, 6) is 0. The minimum atomic E-state index is 0.00776. The van der Waals surface area contributed by atoms with Gasteiger partial charge in [0.1, 0.15) is 11.8 Å². The highest BCUT2D eigenvalue weighted by atomic mass is 32.1. The fourth-order valence-electron chi connectivity index (χ4n) is 2.44. The molecule has 0 aliphatic heterocycles. The molecule has 2 aromatic carbocycles. The van der Waals surface area contributed by atoms with E-state index in [4.69, 9.17) is 0 Å². The van der Waals surface area contributed by atoms with E-state index in [1.54, 1.807) is 6.33 Å². The first-order chi connectivity index (χ1) is 9.84. The highest BCUT2D eigenvalue weighted by molar-refractivity contribution is 7.16. The number of nitrogens with zero attached hydrogens (tertiary/aromatic N) is 2. The van der Waals surface area contributed by atoms with Gasteiger partial charge in [0.15, 0.2) is 0 Å². The maximum Gasteiger partial charge on any atom is 0.260 e. The van der Waals surface area contributed by atoms with Gasteiger partial charge in [0.25, 0.3) is 4.74 Å². The van der Waals surface area contributed by atoms with Gasteiger partial charge in [-0.2, -0.15) is 0 Å². The molecule has 0 N–H and O–H groups in total. The molecular formula is C16H10N2OS. The summed E-state index contributed by atoms with van der Waals surface area (Å²) in [6, 6.07) is 17.9. The molecule has 2 heterocycles. The van der Waals surface area contributed by atoms with Crippen LogP contribution in [0.15, 0.2) is 65.7 Å². The smallest absolute Gasteiger partial charge is 0.260 e. The fourth-order valence-corrected chi connectivity index (χ4v) is 3.31. The van der Waals surface area contributed by atoms with Crippen molar-refractivity contribution in [1.29, 1.82) is 0 Å². The Hall–Kier alpha value is -2.46. The zero-order valence-corrected chi connectivity index (χ0v) is 11.3. The van der Waals surface area contributed by atoms with Crippen LogP contribution in [0.3, 0.4) is 0 Å². The van der Waals surface area contributed by atoms with Gasteiger partial charge < -0.3 is 0 Å². The molecule has 4 rings (SSSR count). The molecule has 0 unspecified atom stereocenters. The Morgan fingerprint density at radius 3 is 2.55 bits per heavy atom. The molecule has 0 saturated carbocycles. The van der Waals surface area contributed by atoms with E-state index in [0.29, 0.717) is 5.52 Å². The van der Waals surface area contributed by atoms with Crippen molar-refractivity contribution in [3.05, 3.63) is 70.5 Å². The minimum absolute atomic E-state index is 0.00776. The first-order valence-corrected chi connectivity index (χ1v) is 7.10. The fraction of sp³-hybridized carbons (Fsp3) is 0. The van der Waals surface area contributed by atoms with Crippen molar-refractivity contribution in [1.82, 2.24) is 9.55 Å². The van der Waals surface area contributed by atoms with Crippen LogP contribution in [-0.4, -0.2) is 9.55 Å². The third kappa shape index (κ3) is 1.58. The monoisotopic (exact) mass is 278 g/mol. The number of para-hydroxylation sites is 1. The van der Waals surface area contributed by atoms with Crippen LogP contribution < -0.4 is 4.74 Å². The number of aromatic nitrogens is 2. The quantitative estimate of drug-likeness (QED) is 0.533. The molecule has 3 nitrogen and oxygen atoms in total.